The molecule has 9 nitrogen and oxygen atoms in total. The van der Waals surface area contributed by atoms with Gasteiger partial charge in [0.1, 0.15) is 0 Å². The molecule has 2 amide bonds. The normalized spacial score (nSPS) is 21.1. The van der Waals surface area contributed by atoms with Crippen LogP contribution in [0.2, 0.25) is 0 Å². The highest BCUT2D eigenvalue weighted by molar-refractivity contribution is 6.11. The average molecular weight is 441 g/mol. The van der Waals surface area contributed by atoms with E-state index in [-0.39, 0.29) is 30.3 Å². The van der Waals surface area contributed by atoms with Crippen molar-refractivity contribution in [2.45, 2.75) is 38.1 Å². The number of para-hydroxylation sites is 1. The van der Waals surface area contributed by atoms with E-state index >= 15 is 0 Å². The lowest BCUT2D eigenvalue weighted by molar-refractivity contribution is -0.131. The molecule has 0 bridgehead atoms. The van der Waals surface area contributed by atoms with Crippen molar-refractivity contribution >= 4 is 28.5 Å². The predicted molar refractivity (Wildman–Crippen MR) is 123 cm³/mol. The molecule has 9 heteroatoms. The molecule has 3 aliphatic rings. The molecule has 3 aliphatic heterocycles. The number of nitrogens with one attached hydrogen (secondary N) is 1. The molecule has 4 heterocycles. The molecule has 0 aliphatic carbocycles. The van der Waals surface area contributed by atoms with Gasteiger partial charge in [-0.3, -0.25) is 14.2 Å². The summed E-state index contributed by atoms with van der Waals surface area (Å²) in [5.74, 6) is 0.139. The Hall–Kier alpha value is -2.65. The number of aryl methyl sites for hydroxylation is 1. The minimum absolute atomic E-state index is 0.284. The molecule has 3 saturated heterocycles. The third-order valence-electron chi connectivity index (χ3n) is 7.32. The number of hydrogen-bond acceptors (Lipinski definition) is 6. The van der Waals surface area contributed by atoms with Crippen molar-refractivity contribution < 1.29 is 9.59 Å². The van der Waals surface area contributed by atoms with Crippen LogP contribution in [0.25, 0.3) is 11.0 Å². The summed E-state index contributed by atoms with van der Waals surface area (Å²) in [7, 11) is 3.95. The summed E-state index contributed by atoms with van der Waals surface area (Å²) in [6, 6.07) is 6.34. The number of benzene rings is 1. The molecule has 1 aromatic heterocycles. The van der Waals surface area contributed by atoms with Crippen LogP contribution in [0.5, 0.6) is 0 Å². The highest BCUT2D eigenvalue weighted by atomic mass is 16.2. The van der Waals surface area contributed by atoms with Gasteiger partial charge in [0.05, 0.1) is 16.7 Å². The summed E-state index contributed by atoms with van der Waals surface area (Å²) in [5.41, 5.74) is 2.01. The molecule has 1 aromatic carbocycles. The van der Waals surface area contributed by atoms with Crippen molar-refractivity contribution in [3.05, 3.63) is 28.7 Å². The Labute approximate surface area is 187 Å². The fraction of sp³-hybridized carbons (Fsp3) is 0.609. The Bertz CT molecular complexity index is 1080. The number of fused-ring (bicyclic) bond motifs is 1. The van der Waals surface area contributed by atoms with Crippen LogP contribution in [0.3, 0.4) is 0 Å². The van der Waals surface area contributed by atoms with Crippen molar-refractivity contribution in [1.82, 2.24) is 19.5 Å². The smallest absolute Gasteiger partial charge is 0.348 e. The minimum Gasteiger partial charge on any atom is -0.370 e. The number of aromatic nitrogens is 2. The van der Waals surface area contributed by atoms with Crippen LogP contribution >= 0.6 is 0 Å². The Kier molecular flexibility index (Phi) is 5.54. The number of nitrogens with zero attached hydrogens (tertiary/aromatic N) is 5. The van der Waals surface area contributed by atoms with E-state index < -0.39 is 0 Å². The van der Waals surface area contributed by atoms with Gasteiger partial charge in [-0.05, 0) is 44.4 Å². The first kappa shape index (κ1) is 21.2. The maximum absolute atomic E-state index is 13.1. The number of rotatable bonds is 5. The molecule has 0 unspecified atom stereocenters. The first-order valence-corrected chi connectivity index (χ1v) is 11.7. The van der Waals surface area contributed by atoms with E-state index in [2.05, 4.69) is 22.2 Å². The van der Waals surface area contributed by atoms with Gasteiger partial charge in [0, 0.05) is 58.7 Å². The zero-order valence-electron chi connectivity index (χ0n) is 18.9. The van der Waals surface area contributed by atoms with Crippen molar-refractivity contribution in [1.29, 1.82) is 0 Å². The van der Waals surface area contributed by atoms with Gasteiger partial charge < -0.3 is 15.1 Å². The van der Waals surface area contributed by atoms with Crippen LogP contribution in [0.15, 0.2) is 23.0 Å². The second-order valence-corrected chi connectivity index (χ2v) is 9.43. The molecule has 0 spiro atoms. The summed E-state index contributed by atoms with van der Waals surface area (Å²) < 4.78 is 2.84. The average Bonchev–Trinajstić information content (AvgIpc) is 3.01. The highest BCUT2D eigenvalue weighted by Crippen LogP contribution is 2.30. The van der Waals surface area contributed by atoms with E-state index in [0.29, 0.717) is 18.0 Å². The van der Waals surface area contributed by atoms with E-state index in [0.717, 1.165) is 67.7 Å². The number of piperidine rings is 2. The second-order valence-electron chi connectivity index (χ2n) is 9.43. The fourth-order valence-electron chi connectivity index (χ4n) is 5.37. The van der Waals surface area contributed by atoms with Gasteiger partial charge in [0.15, 0.2) is 0 Å². The summed E-state index contributed by atoms with van der Waals surface area (Å²) in [6.45, 7) is 5.22. The number of amides is 2. The lowest BCUT2D eigenvalue weighted by Gasteiger charge is -2.40. The third-order valence-corrected chi connectivity index (χ3v) is 7.32. The lowest BCUT2D eigenvalue weighted by Crippen LogP contribution is -2.52. The lowest BCUT2D eigenvalue weighted by atomic mass is 9.98. The summed E-state index contributed by atoms with van der Waals surface area (Å²) in [5, 5.41) is 4.40. The summed E-state index contributed by atoms with van der Waals surface area (Å²) in [4.78, 5) is 43.0. The molecular weight excluding hydrogens is 408 g/mol. The number of imide groups is 1. The monoisotopic (exact) mass is 440 g/mol. The summed E-state index contributed by atoms with van der Waals surface area (Å²) in [6.07, 6.45) is 3.26. The van der Waals surface area contributed by atoms with Gasteiger partial charge in [-0.25, -0.2) is 4.79 Å². The second kappa shape index (κ2) is 8.37. The molecule has 0 atom stereocenters. The topological polar surface area (TPSA) is 82.8 Å². The van der Waals surface area contributed by atoms with Crippen LogP contribution < -0.4 is 20.9 Å². The van der Waals surface area contributed by atoms with Crippen molar-refractivity contribution in [2.24, 2.45) is 13.0 Å². The van der Waals surface area contributed by atoms with Crippen LogP contribution in [0.1, 0.15) is 32.1 Å². The van der Waals surface area contributed by atoms with E-state index in [1.807, 2.05) is 18.2 Å². The Morgan fingerprint density at radius 2 is 1.75 bits per heavy atom. The van der Waals surface area contributed by atoms with Gasteiger partial charge >= 0.3 is 5.69 Å². The molecule has 0 saturated carbocycles. The van der Waals surface area contributed by atoms with Gasteiger partial charge in [0.2, 0.25) is 11.8 Å². The van der Waals surface area contributed by atoms with Crippen molar-refractivity contribution in [3.63, 3.8) is 0 Å². The summed E-state index contributed by atoms with van der Waals surface area (Å²) >= 11 is 0. The standard InChI is InChI=1S/C23H32N6O3/c1-25(15-16-13-24-14-16)17-9-11-27(12-10-17)18-5-3-6-19-22(18)26(2)23(32)28(19)29-20(30)7-4-8-21(29)31/h3,5-6,16-17,24H,4,7-15H2,1-2H3. The molecule has 2 aromatic rings. The molecule has 1 N–H and O–H groups in total. The zero-order valence-corrected chi connectivity index (χ0v) is 18.9. The molecule has 3 fully saturated rings. The van der Waals surface area contributed by atoms with Crippen molar-refractivity contribution in [2.75, 3.05) is 49.7 Å². The number of carbonyl (C=O) groups excluding carboxylic acids is 2. The van der Waals surface area contributed by atoms with Gasteiger partial charge in [-0.15, -0.1) is 0 Å². The number of imidazole rings is 1. The van der Waals surface area contributed by atoms with Crippen molar-refractivity contribution in [3.8, 4) is 0 Å². The van der Waals surface area contributed by atoms with Crippen LogP contribution in [-0.2, 0) is 16.6 Å². The molecule has 5 rings (SSSR count). The molecule has 172 valence electrons. The zero-order chi connectivity index (χ0) is 22.4. The van der Waals surface area contributed by atoms with Gasteiger partial charge in [-0.1, -0.05) is 6.07 Å². The maximum atomic E-state index is 13.1. The number of anilines is 1. The molecular formula is C23H32N6O3. The third kappa shape index (κ3) is 3.53. The maximum Gasteiger partial charge on any atom is 0.348 e. The van der Waals surface area contributed by atoms with Crippen LogP contribution in [0.4, 0.5) is 5.69 Å². The first-order valence-electron chi connectivity index (χ1n) is 11.7. The van der Waals surface area contributed by atoms with Gasteiger partial charge in [-0.2, -0.15) is 9.69 Å². The SMILES string of the molecule is CN(CC1CNC1)C1CCN(c2cccc3c2n(C)c(=O)n3N2C(=O)CCCC2=O)CC1. The number of carbonyl (C=O) groups is 2. The largest absolute Gasteiger partial charge is 0.370 e. The van der Waals surface area contributed by atoms with Crippen LogP contribution in [-0.4, -0.2) is 71.8 Å². The van der Waals surface area contributed by atoms with Crippen LogP contribution in [0, 0.1) is 5.92 Å². The highest BCUT2D eigenvalue weighted by Gasteiger charge is 2.32. The minimum atomic E-state index is -0.361. The van der Waals surface area contributed by atoms with Gasteiger partial charge in [0.25, 0.3) is 0 Å². The fourth-order valence-corrected chi connectivity index (χ4v) is 5.37. The van der Waals surface area contributed by atoms with E-state index in [1.165, 1.54) is 4.68 Å². The Morgan fingerprint density at radius 1 is 1.06 bits per heavy atom. The predicted octanol–water partition coefficient (Wildman–Crippen LogP) is 0.635. The van der Waals surface area contributed by atoms with E-state index in [9.17, 15) is 14.4 Å². The Balaban J connectivity index is 1.42. The van der Waals surface area contributed by atoms with E-state index in [4.69, 9.17) is 0 Å². The molecule has 0 radical (unpaired) electrons. The first-order chi connectivity index (χ1) is 15.5. The number of hydrogen-bond donors (Lipinski definition) is 1. The Morgan fingerprint density at radius 3 is 2.38 bits per heavy atom. The molecule has 32 heavy (non-hydrogen) atoms. The quantitative estimate of drug-likeness (QED) is 0.687. The van der Waals surface area contributed by atoms with E-state index in [1.54, 1.807) is 11.6 Å².